The average molecular weight is 275 g/mol. The number of halogens is 1. The van der Waals surface area contributed by atoms with E-state index in [1.807, 2.05) is 0 Å². The molecule has 2 aromatic carbocycles. The van der Waals surface area contributed by atoms with Crippen LogP contribution < -0.4 is 10.5 Å². The zero-order valence-corrected chi connectivity index (χ0v) is 11.1. The number of hydrogen-bond donors (Lipinski definition) is 2. The van der Waals surface area contributed by atoms with Crippen molar-refractivity contribution < 1.29 is 19.0 Å². The number of aryl methyl sites for hydroxylation is 2. The number of benzene rings is 2. The molecule has 104 valence electrons. The fraction of sp³-hybridized carbons (Fsp3) is 0.133. The van der Waals surface area contributed by atoms with E-state index >= 15 is 0 Å². The van der Waals surface area contributed by atoms with Crippen LogP contribution in [0.4, 0.5) is 10.1 Å². The van der Waals surface area contributed by atoms with Gasteiger partial charge in [-0.05, 0) is 43.2 Å². The lowest BCUT2D eigenvalue weighted by Gasteiger charge is -2.11. The summed E-state index contributed by atoms with van der Waals surface area (Å²) in [6.07, 6.45) is 0. The van der Waals surface area contributed by atoms with Gasteiger partial charge in [-0.3, -0.25) is 0 Å². The molecule has 0 saturated carbocycles. The highest BCUT2D eigenvalue weighted by atomic mass is 19.1. The minimum Gasteiger partial charge on any atom is -0.478 e. The van der Waals surface area contributed by atoms with Crippen LogP contribution in [-0.2, 0) is 0 Å². The number of hydrogen-bond acceptors (Lipinski definition) is 3. The fourth-order valence-electron chi connectivity index (χ4n) is 1.83. The van der Waals surface area contributed by atoms with E-state index in [4.69, 9.17) is 15.6 Å². The largest absolute Gasteiger partial charge is 0.478 e. The van der Waals surface area contributed by atoms with E-state index in [1.165, 1.54) is 12.1 Å². The number of aromatic carboxylic acids is 1. The summed E-state index contributed by atoms with van der Waals surface area (Å²) in [5, 5.41) is 9.07. The molecule has 2 rings (SSSR count). The number of rotatable bonds is 3. The van der Waals surface area contributed by atoms with Crippen molar-refractivity contribution >= 4 is 11.7 Å². The Labute approximate surface area is 115 Å². The molecule has 0 amide bonds. The van der Waals surface area contributed by atoms with Gasteiger partial charge in [-0.15, -0.1) is 0 Å². The Bertz CT molecular complexity index is 683. The Morgan fingerprint density at radius 3 is 2.60 bits per heavy atom. The van der Waals surface area contributed by atoms with E-state index < -0.39 is 11.8 Å². The minimum absolute atomic E-state index is 0.0468. The van der Waals surface area contributed by atoms with Crippen LogP contribution in [0, 0.1) is 19.7 Å². The van der Waals surface area contributed by atoms with E-state index in [9.17, 15) is 9.18 Å². The first-order valence-electron chi connectivity index (χ1n) is 5.96. The summed E-state index contributed by atoms with van der Waals surface area (Å²) < 4.78 is 19.3. The maximum Gasteiger partial charge on any atom is 0.337 e. The summed E-state index contributed by atoms with van der Waals surface area (Å²) in [6.45, 7) is 3.29. The molecule has 0 saturated heterocycles. The van der Waals surface area contributed by atoms with Crippen LogP contribution in [0.2, 0.25) is 0 Å². The maximum atomic E-state index is 13.9. The number of ether oxygens (including phenoxy) is 1. The first-order valence-corrected chi connectivity index (χ1v) is 5.96. The van der Waals surface area contributed by atoms with E-state index in [0.717, 1.165) is 0 Å². The predicted molar refractivity (Wildman–Crippen MR) is 73.8 cm³/mol. The van der Waals surface area contributed by atoms with Crippen LogP contribution in [-0.4, -0.2) is 11.1 Å². The van der Waals surface area contributed by atoms with Crippen molar-refractivity contribution in [1.82, 2.24) is 0 Å². The van der Waals surface area contributed by atoms with Gasteiger partial charge >= 0.3 is 5.97 Å². The van der Waals surface area contributed by atoms with Gasteiger partial charge in [0.25, 0.3) is 0 Å². The number of nitrogens with two attached hydrogens (primary N) is 1. The van der Waals surface area contributed by atoms with Gasteiger partial charge in [-0.2, -0.15) is 0 Å². The highest BCUT2D eigenvalue weighted by Gasteiger charge is 2.14. The molecule has 0 atom stereocenters. The standard InChI is InChI=1S/C15H14FNO3/c1-8-4-3-5-12(13(8)16)20-10-6-9(2)14(17)11(7-10)15(18)19/h3-7H,17H2,1-2H3,(H,18,19). The predicted octanol–water partition coefficient (Wildman–Crippen LogP) is 3.52. The summed E-state index contributed by atoms with van der Waals surface area (Å²) in [5.74, 6) is -1.34. The summed E-state index contributed by atoms with van der Waals surface area (Å²) >= 11 is 0. The van der Waals surface area contributed by atoms with Crippen LogP contribution in [0.3, 0.4) is 0 Å². The zero-order valence-electron chi connectivity index (χ0n) is 11.1. The molecule has 0 heterocycles. The second-order valence-corrected chi connectivity index (χ2v) is 4.50. The molecule has 0 radical (unpaired) electrons. The Hall–Kier alpha value is -2.56. The molecule has 0 aliphatic heterocycles. The van der Waals surface area contributed by atoms with E-state index in [2.05, 4.69) is 0 Å². The van der Waals surface area contributed by atoms with Crippen LogP contribution in [0.5, 0.6) is 11.5 Å². The molecular formula is C15H14FNO3. The molecule has 0 aliphatic rings. The second-order valence-electron chi connectivity index (χ2n) is 4.50. The summed E-state index contributed by atoms with van der Waals surface area (Å²) in [5.41, 5.74) is 6.82. The van der Waals surface area contributed by atoms with Crippen molar-refractivity contribution in [2.75, 3.05) is 5.73 Å². The third-order valence-corrected chi connectivity index (χ3v) is 2.97. The van der Waals surface area contributed by atoms with Crippen molar-refractivity contribution in [3.63, 3.8) is 0 Å². The van der Waals surface area contributed by atoms with Crippen LogP contribution >= 0.6 is 0 Å². The molecule has 5 heteroatoms. The molecule has 0 spiro atoms. The van der Waals surface area contributed by atoms with Gasteiger partial charge in [-0.25, -0.2) is 9.18 Å². The maximum absolute atomic E-state index is 13.9. The van der Waals surface area contributed by atoms with E-state index in [-0.39, 0.29) is 22.7 Å². The number of nitrogen functional groups attached to an aromatic ring is 1. The molecule has 0 fully saturated rings. The van der Waals surface area contributed by atoms with Gasteiger partial charge in [0.2, 0.25) is 0 Å². The van der Waals surface area contributed by atoms with E-state index in [0.29, 0.717) is 11.1 Å². The van der Waals surface area contributed by atoms with Gasteiger partial charge < -0.3 is 15.6 Å². The first-order chi connectivity index (χ1) is 9.40. The van der Waals surface area contributed by atoms with Crippen molar-refractivity contribution in [2.45, 2.75) is 13.8 Å². The Kier molecular flexibility index (Phi) is 3.61. The topological polar surface area (TPSA) is 72.5 Å². The van der Waals surface area contributed by atoms with Crippen LogP contribution in [0.25, 0.3) is 0 Å². The van der Waals surface area contributed by atoms with Gasteiger partial charge in [0.05, 0.1) is 5.56 Å². The molecule has 2 aromatic rings. The summed E-state index contributed by atoms with van der Waals surface area (Å²) in [6, 6.07) is 7.62. The van der Waals surface area contributed by atoms with Crippen LogP contribution in [0.15, 0.2) is 30.3 Å². The normalized spacial score (nSPS) is 10.3. The molecule has 0 bridgehead atoms. The highest BCUT2D eigenvalue weighted by Crippen LogP contribution is 2.30. The monoisotopic (exact) mass is 275 g/mol. The fourth-order valence-corrected chi connectivity index (χ4v) is 1.83. The molecule has 20 heavy (non-hydrogen) atoms. The molecule has 0 aromatic heterocycles. The second kappa shape index (κ2) is 5.21. The van der Waals surface area contributed by atoms with Gasteiger partial charge in [0, 0.05) is 5.69 Å². The van der Waals surface area contributed by atoms with Crippen molar-refractivity contribution in [3.8, 4) is 11.5 Å². The number of carboxylic acids is 1. The number of carbonyl (C=O) groups is 1. The summed E-state index contributed by atoms with van der Waals surface area (Å²) in [7, 11) is 0. The summed E-state index contributed by atoms with van der Waals surface area (Å²) in [4.78, 5) is 11.1. The Balaban J connectivity index is 2.44. The Morgan fingerprint density at radius 1 is 1.25 bits per heavy atom. The third kappa shape index (κ3) is 2.56. The van der Waals surface area contributed by atoms with Gasteiger partial charge in [0.1, 0.15) is 5.75 Å². The van der Waals surface area contributed by atoms with Crippen molar-refractivity contribution in [2.24, 2.45) is 0 Å². The lowest BCUT2D eigenvalue weighted by Crippen LogP contribution is -2.05. The lowest BCUT2D eigenvalue weighted by atomic mass is 10.1. The molecular weight excluding hydrogens is 261 g/mol. The Morgan fingerprint density at radius 2 is 1.95 bits per heavy atom. The van der Waals surface area contributed by atoms with Crippen molar-refractivity contribution in [1.29, 1.82) is 0 Å². The molecule has 0 aliphatic carbocycles. The van der Waals surface area contributed by atoms with Crippen LogP contribution in [0.1, 0.15) is 21.5 Å². The van der Waals surface area contributed by atoms with Gasteiger partial charge in [-0.1, -0.05) is 12.1 Å². The highest BCUT2D eigenvalue weighted by molar-refractivity contribution is 5.95. The molecule has 3 N–H and O–H groups in total. The number of anilines is 1. The quantitative estimate of drug-likeness (QED) is 0.841. The number of carboxylic acid groups (broad SMARTS) is 1. The third-order valence-electron chi connectivity index (χ3n) is 2.97. The van der Waals surface area contributed by atoms with Gasteiger partial charge in [0.15, 0.2) is 11.6 Å². The smallest absolute Gasteiger partial charge is 0.337 e. The SMILES string of the molecule is Cc1cc(Oc2cccc(C)c2F)cc(C(=O)O)c1N. The van der Waals surface area contributed by atoms with E-state index in [1.54, 1.807) is 32.0 Å². The first kappa shape index (κ1) is 13.9. The molecule has 0 unspecified atom stereocenters. The van der Waals surface area contributed by atoms with Crippen molar-refractivity contribution in [3.05, 3.63) is 52.8 Å². The minimum atomic E-state index is -1.15. The molecule has 4 nitrogen and oxygen atoms in total. The lowest BCUT2D eigenvalue weighted by molar-refractivity contribution is 0.0697. The zero-order chi connectivity index (χ0) is 14.9. The average Bonchev–Trinajstić information content (AvgIpc) is 2.38.